The van der Waals surface area contributed by atoms with Gasteiger partial charge in [0.05, 0.1) is 24.2 Å². The highest BCUT2D eigenvalue weighted by Crippen LogP contribution is 2.67. The SMILES string of the molecule is Cc1ccc2c3c1OC1C4(CCC5(O)C(C2)N(CC2CC2)CC[C@]315)OCCO4. The number of ether oxygens (including phenoxy) is 3. The largest absolute Gasteiger partial charge is 0.483 e. The molecule has 7 rings (SSSR count). The molecule has 0 amide bonds. The molecule has 150 valence electrons. The fourth-order valence-electron chi connectivity index (χ4n) is 7.35. The van der Waals surface area contributed by atoms with Gasteiger partial charge in [0.1, 0.15) is 5.75 Å². The lowest BCUT2D eigenvalue weighted by molar-refractivity contribution is -0.296. The van der Waals surface area contributed by atoms with Crippen molar-refractivity contribution in [1.82, 2.24) is 4.90 Å². The van der Waals surface area contributed by atoms with E-state index in [1.807, 2.05) is 0 Å². The van der Waals surface area contributed by atoms with Crippen LogP contribution in [0.4, 0.5) is 0 Å². The Balaban J connectivity index is 1.45. The molecule has 2 saturated carbocycles. The Morgan fingerprint density at radius 3 is 2.75 bits per heavy atom. The first kappa shape index (κ1) is 16.6. The van der Waals surface area contributed by atoms with E-state index in [2.05, 4.69) is 24.0 Å². The molecule has 28 heavy (non-hydrogen) atoms. The van der Waals surface area contributed by atoms with Crippen molar-refractivity contribution in [3.05, 3.63) is 28.8 Å². The van der Waals surface area contributed by atoms with Gasteiger partial charge in [-0.15, -0.1) is 0 Å². The molecule has 3 aliphatic heterocycles. The van der Waals surface area contributed by atoms with Crippen molar-refractivity contribution in [2.75, 3.05) is 26.3 Å². The van der Waals surface area contributed by atoms with Crippen LogP contribution in [-0.4, -0.2) is 59.8 Å². The standard InChI is InChI=1S/C23H29NO4/c1-14-2-5-16-12-17-22(25)6-7-23(26-10-11-27-23)20-21(22,18(16)19(14)28-20)8-9-24(17)13-15-3-4-15/h2,5,15,17,20,25H,3-4,6-13H2,1H3/t17?,20?,21-,22?/m0/s1. The number of aryl methyl sites for hydroxylation is 1. The molecule has 3 unspecified atom stereocenters. The van der Waals surface area contributed by atoms with Gasteiger partial charge in [0.2, 0.25) is 5.79 Å². The van der Waals surface area contributed by atoms with Gasteiger partial charge in [-0.05, 0) is 62.6 Å². The zero-order valence-electron chi connectivity index (χ0n) is 16.6. The summed E-state index contributed by atoms with van der Waals surface area (Å²) in [5.74, 6) is 1.13. The molecule has 2 bridgehead atoms. The summed E-state index contributed by atoms with van der Waals surface area (Å²) in [6.07, 6.45) is 5.75. The number of piperidine rings is 1. The van der Waals surface area contributed by atoms with Crippen molar-refractivity contribution < 1.29 is 19.3 Å². The molecule has 1 aromatic rings. The maximum atomic E-state index is 12.4. The van der Waals surface area contributed by atoms with Gasteiger partial charge in [0, 0.05) is 24.6 Å². The lowest BCUT2D eigenvalue weighted by Gasteiger charge is -2.65. The third-order valence-corrected chi connectivity index (χ3v) is 8.76. The minimum atomic E-state index is -0.766. The molecular weight excluding hydrogens is 354 g/mol. The van der Waals surface area contributed by atoms with Crippen LogP contribution in [0.5, 0.6) is 5.75 Å². The Morgan fingerprint density at radius 1 is 1.14 bits per heavy atom. The van der Waals surface area contributed by atoms with E-state index >= 15 is 0 Å². The lowest BCUT2D eigenvalue weighted by atomic mass is 9.48. The number of hydrogen-bond acceptors (Lipinski definition) is 5. The molecule has 0 aromatic heterocycles. The van der Waals surface area contributed by atoms with Crippen LogP contribution in [0.15, 0.2) is 12.1 Å². The Morgan fingerprint density at radius 2 is 1.96 bits per heavy atom. The van der Waals surface area contributed by atoms with Gasteiger partial charge in [-0.1, -0.05) is 12.1 Å². The number of benzene rings is 1. The second-order valence-electron chi connectivity index (χ2n) is 10.1. The van der Waals surface area contributed by atoms with E-state index in [1.165, 1.54) is 24.0 Å². The quantitative estimate of drug-likeness (QED) is 0.849. The minimum absolute atomic E-state index is 0.174. The zero-order chi connectivity index (χ0) is 18.7. The van der Waals surface area contributed by atoms with Crippen molar-refractivity contribution in [2.45, 2.75) is 74.4 Å². The van der Waals surface area contributed by atoms with E-state index < -0.39 is 16.8 Å². The molecule has 4 atom stereocenters. The van der Waals surface area contributed by atoms with Crippen LogP contribution < -0.4 is 4.74 Å². The molecule has 4 fully saturated rings. The van der Waals surface area contributed by atoms with Crippen LogP contribution in [0, 0.1) is 12.8 Å². The summed E-state index contributed by atoms with van der Waals surface area (Å²) in [7, 11) is 0. The second-order valence-corrected chi connectivity index (χ2v) is 10.1. The monoisotopic (exact) mass is 383 g/mol. The number of likely N-dealkylation sites (tertiary alicyclic amines) is 1. The molecule has 6 aliphatic rings. The number of nitrogens with zero attached hydrogens (tertiary/aromatic N) is 1. The van der Waals surface area contributed by atoms with Crippen LogP contribution in [0.2, 0.25) is 0 Å². The molecule has 1 N–H and O–H groups in total. The fourth-order valence-corrected chi connectivity index (χ4v) is 7.35. The Bertz CT molecular complexity index is 860. The Kier molecular flexibility index (Phi) is 3.04. The van der Waals surface area contributed by atoms with E-state index in [4.69, 9.17) is 14.2 Å². The van der Waals surface area contributed by atoms with Gasteiger partial charge in [-0.3, -0.25) is 4.90 Å². The van der Waals surface area contributed by atoms with Crippen LogP contribution in [0.1, 0.15) is 48.8 Å². The topological polar surface area (TPSA) is 51.2 Å². The van der Waals surface area contributed by atoms with Gasteiger partial charge in [-0.25, -0.2) is 0 Å². The van der Waals surface area contributed by atoms with Gasteiger partial charge in [0.15, 0.2) is 6.10 Å². The highest BCUT2D eigenvalue weighted by Gasteiger charge is 2.77. The smallest absolute Gasteiger partial charge is 0.207 e. The first-order valence-electron chi connectivity index (χ1n) is 11.1. The van der Waals surface area contributed by atoms with E-state index in [0.717, 1.165) is 49.6 Å². The fraction of sp³-hybridized carbons (Fsp3) is 0.739. The number of rotatable bonds is 2. The maximum Gasteiger partial charge on any atom is 0.207 e. The summed E-state index contributed by atoms with van der Waals surface area (Å²) >= 11 is 0. The molecular formula is C23H29NO4. The van der Waals surface area contributed by atoms with Gasteiger partial charge in [0.25, 0.3) is 0 Å². The van der Waals surface area contributed by atoms with Crippen LogP contribution in [0.25, 0.3) is 0 Å². The summed E-state index contributed by atoms with van der Waals surface area (Å²) in [5, 5.41) is 12.4. The minimum Gasteiger partial charge on any atom is -0.483 e. The molecule has 3 heterocycles. The first-order valence-corrected chi connectivity index (χ1v) is 11.1. The average Bonchev–Trinajstić information content (AvgIpc) is 3.23. The maximum absolute atomic E-state index is 12.4. The lowest BCUT2D eigenvalue weighted by Crippen LogP contribution is -2.79. The van der Waals surface area contributed by atoms with E-state index in [1.54, 1.807) is 0 Å². The molecule has 2 spiro atoms. The normalized spacial score (nSPS) is 42.5. The van der Waals surface area contributed by atoms with E-state index in [9.17, 15) is 5.11 Å². The van der Waals surface area contributed by atoms with Crippen molar-refractivity contribution in [3.8, 4) is 5.75 Å². The molecule has 2 saturated heterocycles. The Labute approximate surface area is 165 Å². The third kappa shape index (κ3) is 1.75. The number of fused-ring (bicyclic) bond motifs is 1. The second kappa shape index (κ2) is 5.12. The number of aliphatic hydroxyl groups is 1. The van der Waals surface area contributed by atoms with Gasteiger partial charge >= 0.3 is 0 Å². The average molecular weight is 383 g/mol. The molecule has 3 aliphatic carbocycles. The number of hydrogen-bond donors (Lipinski definition) is 1. The Hall–Kier alpha value is -1.14. The summed E-state index contributed by atoms with van der Waals surface area (Å²) in [5.41, 5.74) is 2.64. The predicted octanol–water partition coefficient (Wildman–Crippen LogP) is 2.30. The summed E-state index contributed by atoms with van der Waals surface area (Å²) in [4.78, 5) is 2.61. The van der Waals surface area contributed by atoms with Gasteiger partial charge in [-0.2, -0.15) is 0 Å². The molecule has 5 heteroatoms. The van der Waals surface area contributed by atoms with Crippen LogP contribution in [0.3, 0.4) is 0 Å². The van der Waals surface area contributed by atoms with Crippen LogP contribution in [-0.2, 0) is 21.3 Å². The van der Waals surface area contributed by atoms with E-state index in [0.29, 0.717) is 19.6 Å². The summed E-state index contributed by atoms with van der Waals surface area (Å²) in [6, 6.07) is 4.65. The molecule has 5 nitrogen and oxygen atoms in total. The first-order chi connectivity index (χ1) is 13.6. The van der Waals surface area contributed by atoms with Crippen molar-refractivity contribution in [2.24, 2.45) is 5.92 Å². The zero-order valence-corrected chi connectivity index (χ0v) is 16.6. The van der Waals surface area contributed by atoms with Crippen molar-refractivity contribution in [3.63, 3.8) is 0 Å². The summed E-state index contributed by atoms with van der Waals surface area (Å²) in [6.45, 7) is 5.54. The van der Waals surface area contributed by atoms with Crippen molar-refractivity contribution >= 4 is 0 Å². The van der Waals surface area contributed by atoms with Crippen molar-refractivity contribution in [1.29, 1.82) is 0 Å². The molecule has 1 aromatic carbocycles. The predicted molar refractivity (Wildman–Crippen MR) is 102 cm³/mol. The molecule has 0 radical (unpaired) electrons. The van der Waals surface area contributed by atoms with Gasteiger partial charge < -0.3 is 19.3 Å². The third-order valence-electron chi connectivity index (χ3n) is 8.76. The highest BCUT2D eigenvalue weighted by atomic mass is 16.8. The summed E-state index contributed by atoms with van der Waals surface area (Å²) < 4.78 is 19.2. The van der Waals surface area contributed by atoms with E-state index in [-0.39, 0.29) is 12.1 Å². The highest BCUT2D eigenvalue weighted by molar-refractivity contribution is 5.60. The van der Waals surface area contributed by atoms with Crippen LogP contribution >= 0.6 is 0 Å².